The average Bonchev–Trinajstić information content (AvgIpc) is 2.07. The van der Waals surface area contributed by atoms with Crippen LogP contribution in [-0.4, -0.2) is 5.88 Å². The molecule has 0 saturated carbocycles. The number of rotatable bonds is 3. The van der Waals surface area contributed by atoms with Gasteiger partial charge < -0.3 is 0 Å². The lowest BCUT2D eigenvalue weighted by Gasteiger charge is -1.92. The molecule has 0 amide bonds. The molecule has 1 aromatic rings. The standard InChI is InChI=1S/C10H11Cl/c11-9-5-4-8-10-6-2-1-3-7-10/h1-7H,8-9H2/b5-4+. The molecule has 0 fully saturated rings. The number of hydrogen-bond donors (Lipinski definition) is 0. The van der Waals surface area contributed by atoms with Crippen LogP contribution in [0.5, 0.6) is 0 Å². The lowest BCUT2D eigenvalue weighted by Crippen LogP contribution is -1.78. The minimum Gasteiger partial charge on any atom is -0.122 e. The Morgan fingerprint density at radius 1 is 1.09 bits per heavy atom. The van der Waals surface area contributed by atoms with Gasteiger partial charge in [0.1, 0.15) is 0 Å². The van der Waals surface area contributed by atoms with E-state index in [4.69, 9.17) is 11.6 Å². The van der Waals surface area contributed by atoms with Crippen molar-refractivity contribution in [3.8, 4) is 0 Å². The zero-order chi connectivity index (χ0) is 7.94. The van der Waals surface area contributed by atoms with E-state index in [1.165, 1.54) is 5.56 Å². The summed E-state index contributed by atoms with van der Waals surface area (Å²) in [6.45, 7) is 0. The first-order valence-electron chi connectivity index (χ1n) is 3.68. The molecule has 0 aliphatic rings. The number of allylic oxidation sites excluding steroid dienone is 2. The maximum absolute atomic E-state index is 5.48. The van der Waals surface area contributed by atoms with Crippen LogP contribution >= 0.6 is 11.6 Å². The van der Waals surface area contributed by atoms with E-state index in [1.54, 1.807) is 0 Å². The first kappa shape index (κ1) is 8.35. The van der Waals surface area contributed by atoms with E-state index in [-0.39, 0.29) is 0 Å². The van der Waals surface area contributed by atoms with Gasteiger partial charge in [0.15, 0.2) is 0 Å². The Bertz CT molecular complexity index is 214. The molecule has 0 saturated heterocycles. The number of hydrogen-bond acceptors (Lipinski definition) is 0. The van der Waals surface area contributed by atoms with Gasteiger partial charge in [0, 0.05) is 5.88 Å². The third kappa shape index (κ3) is 3.24. The van der Waals surface area contributed by atoms with Crippen LogP contribution in [0.15, 0.2) is 42.5 Å². The lowest BCUT2D eigenvalue weighted by atomic mass is 10.1. The first-order chi connectivity index (χ1) is 5.43. The van der Waals surface area contributed by atoms with Gasteiger partial charge in [-0.3, -0.25) is 0 Å². The fourth-order valence-corrected chi connectivity index (χ4v) is 1.02. The molecule has 0 aliphatic heterocycles. The Hall–Kier alpha value is -0.750. The third-order valence-electron chi connectivity index (χ3n) is 1.45. The molecule has 1 heteroatoms. The predicted octanol–water partition coefficient (Wildman–Crippen LogP) is 3.02. The highest BCUT2D eigenvalue weighted by atomic mass is 35.5. The normalized spacial score (nSPS) is 10.6. The summed E-state index contributed by atoms with van der Waals surface area (Å²) in [6, 6.07) is 10.3. The summed E-state index contributed by atoms with van der Waals surface area (Å²) in [7, 11) is 0. The van der Waals surface area contributed by atoms with Gasteiger partial charge in [-0.25, -0.2) is 0 Å². The van der Waals surface area contributed by atoms with E-state index in [0.29, 0.717) is 5.88 Å². The first-order valence-corrected chi connectivity index (χ1v) is 4.22. The van der Waals surface area contributed by atoms with Crippen LogP contribution < -0.4 is 0 Å². The van der Waals surface area contributed by atoms with Gasteiger partial charge in [-0.2, -0.15) is 0 Å². The summed E-state index contributed by atoms with van der Waals surface area (Å²) in [6.07, 6.45) is 5.03. The third-order valence-corrected chi connectivity index (χ3v) is 1.63. The Kier molecular flexibility index (Phi) is 3.77. The second-order valence-corrected chi connectivity index (χ2v) is 2.62. The van der Waals surface area contributed by atoms with Crippen molar-refractivity contribution < 1.29 is 0 Å². The molecule has 0 unspecified atom stereocenters. The second kappa shape index (κ2) is 4.97. The summed E-state index contributed by atoms with van der Waals surface area (Å²) in [5.74, 6) is 0.604. The van der Waals surface area contributed by atoms with Crippen LogP contribution in [0.2, 0.25) is 0 Å². The van der Waals surface area contributed by atoms with E-state index in [9.17, 15) is 0 Å². The second-order valence-electron chi connectivity index (χ2n) is 2.32. The van der Waals surface area contributed by atoms with E-state index >= 15 is 0 Å². The van der Waals surface area contributed by atoms with E-state index in [0.717, 1.165) is 6.42 Å². The van der Waals surface area contributed by atoms with Crippen LogP contribution in [0.4, 0.5) is 0 Å². The summed E-state index contributed by atoms with van der Waals surface area (Å²) in [4.78, 5) is 0. The Morgan fingerprint density at radius 2 is 1.82 bits per heavy atom. The van der Waals surface area contributed by atoms with Crippen LogP contribution in [0.3, 0.4) is 0 Å². The van der Waals surface area contributed by atoms with Gasteiger partial charge in [0.05, 0.1) is 0 Å². The molecule has 0 aromatic heterocycles. The Labute approximate surface area is 72.5 Å². The van der Waals surface area contributed by atoms with E-state index in [2.05, 4.69) is 18.2 Å². The zero-order valence-corrected chi connectivity index (χ0v) is 7.09. The monoisotopic (exact) mass is 166 g/mol. The topological polar surface area (TPSA) is 0 Å². The molecule has 11 heavy (non-hydrogen) atoms. The van der Waals surface area contributed by atoms with Crippen LogP contribution in [0.1, 0.15) is 5.56 Å². The molecule has 1 aromatic carbocycles. The largest absolute Gasteiger partial charge is 0.122 e. The Morgan fingerprint density at radius 3 is 2.45 bits per heavy atom. The van der Waals surface area contributed by atoms with Crippen molar-refractivity contribution in [1.82, 2.24) is 0 Å². The zero-order valence-electron chi connectivity index (χ0n) is 6.33. The molecule has 0 bridgehead atoms. The molecule has 0 atom stereocenters. The van der Waals surface area contributed by atoms with E-state index in [1.807, 2.05) is 24.3 Å². The van der Waals surface area contributed by atoms with Crippen molar-refractivity contribution in [3.63, 3.8) is 0 Å². The molecular weight excluding hydrogens is 156 g/mol. The molecule has 0 nitrogen and oxygen atoms in total. The van der Waals surface area contributed by atoms with E-state index < -0.39 is 0 Å². The van der Waals surface area contributed by atoms with Crippen molar-refractivity contribution >= 4 is 11.6 Å². The highest BCUT2D eigenvalue weighted by Crippen LogP contribution is 1.99. The fourth-order valence-electron chi connectivity index (χ4n) is 0.897. The maximum atomic E-state index is 5.48. The SMILES string of the molecule is ClC/C=C/Cc1ccccc1. The molecule has 0 spiro atoms. The van der Waals surface area contributed by atoms with Crippen molar-refractivity contribution in [2.75, 3.05) is 5.88 Å². The highest BCUT2D eigenvalue weighted by Gasteiger charge is 1.83. The van der Waals surface area contributed by atoms with Gasteiger partial charge in [-0.15, -0.1) is 11.6 Å². The van der Waals surface area contributed by atoms with Crippen molar-refractivity contribution in [2.45, 2.75) is 6.42 Å². The number of halogens is 1. The fraction of sp³-hybridized carbons (Fsp3) is 0.200. The maximum Gasteiger partial charge on any atom is 0.0404 e. The minimum absolute atomic E-state index is 0.604. The summed E-state index contributed by atoms with van der Waals surface area (Å²) >= 11 is 5.48. The summed E-state index contributed by atoms with van der Waals surface area (Å²) < 4.78 is 0. The molecule has 0 radical (unpaired) electrons. The van der Waals surface area contributed by atoms with Crippen molar-refractivity contribution in [3.05, 3.63) is 48.0 Å². The predicted molar refractivity (Wildman–Crippen MR) is 50.0 cm³/mol. The lowest BCUT2D eigenvalue weighted by molar-refractivity contribution is 1.26. The number of benzene rings is 1. The van der Waals surface area contributed by atoms with Gasteiger partial charge in [-0.1, -0.05) is 42.5 Å². The Balaban J connectivity index is 2.45. The quantitative estimate of drug-likeness (QED) is 0.479. The molecule has 0 N–H and O–H groups in total. The summed E-state index contributed by atoms with van der Waals surface area (Å²) in [5.41, 5.74) is 1.33. The molecular formula is C10H11Cl. The van der Waals surface area contributed by atoms with Crippen molar-refractivity contribution in [2.24, 2.45) is 0 Å². The van der Waals surface area contributed by atoms with Gasteiger partial charge >= 0.3 is 0 Å². The molecule has 58 valence electrons. The van der Waals surface area contributed by atoms with Gasteiger partial charge in [0.25, 0.3) is 0 Å². The molecule has 0 heterocycles. The van der Waals surface area contributed by atoms with Gasteiger partial charge in [0.2, 0.25) is 0 Å². The average molecular weight is 167 g/mol. The van der Waals surface area contributed by atoms with Crippen LogP contribution in [0, 0.1) is 0 Å². The van der Waals surface area contributed by atoms with Gasteiger partial charge in [-0.05, 0) is 12.0 Å². The highest BCUT2D eigenvalue weighted by molar-refractivity contribution is 6.18. The minimum atomic E-state index is 0.604. The smallest absolute Gasteiger partial charge is 0.0404 e. The molecule has 1 rings (SSSR count). The summed E-state index contributed by atoms with van der Waals surface area (Å²) in [5, 5.41) is 0. The number of alkyl halides is 1. The molecule has 0 aliphatic carbocycles. The van der Waals surface area contributed by atoms with Crippen LogP contribution in [-0.2, 0) is 6.42 Å². The van der Waals surface area contributed by atoms with Crippen LogP contribution in [0.25, 0.3) is 0 Å². The van der Waals surface area contributed by atoms with Crippen molar-refractivity contribution in [1.29, 1.82) is 0 Å².